The van der Waals surface area contributed by atoms with Gasteiger partial charge in [-0.3, -0.25) is 4.79 Å². The van der Waals surface area contributed by atoms with Crippen molar-refractivity contribution in [3.8, 4) is 0 Å². The fourth-order valence-electron chi connectivity index (χ4n) is 2.69. The smallest absolute Gasteiger partial charge is 0.221 e. The Hall–Kier alpha value is -0.260. The van der Waals surface area contributed by atoms with Crippen LogP contribution in [-0.4, -0.2) is 49.3 Å². The molecule has 1 atom stereocenters. The van der Waals surface area contributed by atoms with Gasteiger partial charge in [-0.2, -0.15) is 11.8 Å². The number of nitrogens with one attached hydrogen (secondary N) is 2. The second-order valence-electron chi connectivity index (χ2n) is 5.41. The number of hydrogen-bond acceptors (Lipinski definition) is 4. The molecular weight excluding hydrogens is 260 g/mol. The van der Waals surface area contributed by atoms with Crippen LogP contribution in [0.1, 0.15) is 38.5 Å². The second kappa shape index (κ2) is 8.82. The van der Waals surface area contributed by atoms with E-state index in [-0.39, 0.29) is 5.91 Å². The second-order valence-corrected chi connectivity index (χ2v) is 6.56. The number of ether oxygens (including phenoxy) is 1. The third-order valence-electron chi connectivity index (χ3n) is 3.76. The van der Waals surface area contributed by atoms with Crippen molar-refractivity contribution >= 4 is 17.7 Å². The molecule has 1 heterocycles. The normalized spacial score (nSPS) is 25.2. The third-order valence-corrected chi connectivity index (χ3v) is 4.89. The molecule has 1 amide bonds. The summed E-state index contributed by atoms with van der Waals surface area (Å²) in [6.45, 7) is 2.33. The summed E-state index contributed by atoms with van der Waals surface area (Å²) in [7, 11) is 0. The van der Waals surface area contributed by atoms with Gasteiger partial charge in [-0.1, -0.05) is 19.3 Å². The molecule has 2 aliphatic rings. The third kappa shape index (κ3) is 6.15. The van der Waals surface area contributed by atoms with Crippen LogP contribution in [0, 0.1) is 0 Å². The lowest BCUT2D eigenvalue weighted by Crippen LogP contribution is -2.41. The molecule has 0 bridgehead atoms. The zero-order valence-electron chi connectivity index (χ0n) is 11.7. The van der Waals surface area contributed by atoms with Gasteiger partial charge >= 0.3 is 0 Å². The Morgan fingerprint density at radius 1 is 1.32 bits per heavy atom. The van der Waals surface area contributed by atoms with Crippen LogP contribution in [0.15, 0.2) is 0 Å². The van der Waals surface area contributed by atoms with Gasteiger partial charge in [-0.15, -0.1) is 0 Å². The molecular formula is C14H26N2O2S. The van der Waals surface area contributed by atoms with Crippen molar-refractivity contribution < 1.29 is 9.53 Å². The van der Waals surface area contributed by atoms with Crippen LogP contribution in [0.4, 0.5) is 0 Å². The molecule has 2 rings (SSSR count). The SMILES string of the molecule is O=C(CC1CSCCN1)NCCOC1CCCCC1. The van der Waals surface area contributed by atoms with Gasteiger partial charge in [-0.25, -0.2) is 0 Å². The summed E-state index contributed by atoms with van der Waals surface area (Å²) in [6.07, 6.45) is 7.35. The average Bonchev–Trinajstić information content (AvgIpc) is 2.46. The number of carbonyl (C=O) groups is 1. The first kappa shape index (κ1) is 15.1. The summed E-state index contributed by atoms with van der Waals surface area (Å²) in [5.74, 6) is 2.35. The van der Waals surface area contributed by atoms with Crippen molar-refractivity contribution in [1.82, 2.24) is 10.6 Å². The molecule has 1 aliphatic carbocycles. The van der Waals surface area contributed by atoms with Crippen LogP contribution in [0.25, 0.3) is 0 Å². The summed E-state index contributed by atoms with van der Waals surface area (Å²) in [6, 6.07) is 0.345. The van der Waals surface area contributed by atoms with Crippen molar-refractivity contribution in [1.29, 1.82) is 0 Å². The monoisotopic (exact) mass is 286 g/mol. The quantitative estimate of drug-likeness (QED) is 0.727. The molecule has 1 saturated carbocycles. The molecule has 1 unspecified atom stereocenters. The van der Waals surface area contributed by atoms with Gasteiger partial charge < -0.3 is 15.4 Å². The standard InChI is InChI=1S/C14H26N2O2S/c17-14(10-12-11-19-9-7-15-12)16-6-8-18-13-4-2-1-3-5-13/h12-13,15H,1-11H2,(H,16,17). The van der Waals surface area contributed by atoms with Gasteiger partial charge in [0.15, 0.2) is 0 Å². The highest BCUT2D eigenvalue weighted by Gasteiger charge is 2.17. The van der Waals surface area contributed by atoms with E-state index in [0.29, 0.717) is 31.7 Å². The van der Waals surface area contributed by atoms with Crippen LogP contribution in [0.3, 0.4) is 0 Å². The summed E-state index contributed by atoms with van der Waals surface area (Å²) in [5.41, 5.74) is 0. The predicted octanol–water partition coefficient (Wildman–Crippen LogP) is 1.55. The van der Waals surface area contributed by atoms with E-state index in [1.165, 1.54) is 32.1 Å². The molecule has 4 nitrogen and oxygen atoms in total. The van der Waals surface area contributed by atoms with Crippen molar-refractivity contribution in [3.05, 3.63) is 0 Å². The maximum absolute atomic E-state index is 11.7. The Morgan fingerprint density at radius 2 is 2.16 bits per heavy atom. The van der Waals surface area contributed by atoms with Gasteiger partial charge in [0.05, 0.1) is 12.7 Å². The summed E-state index contributed by atoms with van der Waals surface area (Å²) < 4.78 is 5.79. The van der Waals surface area contributed by atoms with Crippen molar-refractivity contribution in [3.63, 3.8) is 0 Å². The maximum atomic E-state index is 11.7. The van der Waals surface area contributed by atoms with E-state index in [1.807, 2.05) is 11.8 Å². The number of rotatable bonds is 6. The Labute approximate surface area is 120 Å². The molecule has 0 aromatic heterocycles. The minimum Gasteiger partial charge on any atom is -0.376 e. The van der Waals surface area contributed by atoms with E-state index < -0.39 is 0 Å². The van der Waals surface area contributed by atoms with Crippen LogP contribution in [0.5, 0.6) is 0 Å². The van der Waals surface area contributed by atoms with E-state index in [9.17, 15) is 4.79 Å². The summed E-state index contributed by atoms with van der Waals surface area (Å²) in [5, 5.41) is 6.34. The molecule has 1 saturated heterocycles. The predicted molar refractivity (Wildman–Crippen MR) is 79.6 cm³/mol. The van der Waals surface area contributed by atoms with E-state index >= 15 is 0 Å². The van der Waals surface area contributed by atoms with E-state index in [4.69, 9.17) is 4.74 Å². The fourth-order valence-corrected chi connectivity index (χ4v) is 3.64. The molecule has 2 N–H and O–H groups in total. The van der Waals surface area contributed by atoms with Crippen LogP contribution >= 0.6 is 11.8 Å². The molecule has 0 radical (unpaired) electrons. The average molecular weight is 286 g/mol. The molecule has 19 heavy (non-hydrogen) atoms. The van der Waals surface area contributed by atoms with E-state index in [0.717, 1.165) is 18.1 Å². The highest BCUT2D eigenvalue weighted by Crippen LogP contribution is 2.19. The molecule has 0 aromatic rings. The maximum Gasteiger partial charge on any atom is 0.221 e. The number of carbonyl (C=O) groups excluding carboxylic acids is 1. The first-order chi connectivity index (χ1) is 9.34. The Kier molecular flexibility index (Phi) is 7.03. The van der Waals surface area contributed by atoms with Gasteiger partial charge in [0, 0.05) is 37.1 Å². The molecule has 2 fully saturated rings. The molecule has 0 aromatic carbocycles. The molecule has 5 heteroatoms. The van der Waals surface area contributed by atoms with Gasteiger partial charge in [0.2, 0.25) is 5.91 Å². The number of thioether (sulfide) groups is 1. The topological polar surface area (TPSA) is 50.4 Å². The zero-order valence-corrected chi connectivity index (χ0v) is 12.5. The van der Waals surface area contributed by atoms with Crippen LogP contribution in [0.2, 0.25) is 0 Å². The molecule has 0 spiro atoms. The lowest BCUT2D eigenvalue weighted by atomic mass is 9.98. The molecule has 110 valence electrons. The van der Waals surface area contributed by atoms with E-state index in [2.05, 4.69) is 10.6 Å². The van der Waals surface area contributed by atoms with E-state index in [1.54, 1.807) is 0 Å². The Balaban J connectivity index is 1.48. The van der Waals surface area contributed by atoms with Crippen molar-refractivity contribution in [2.24, 2.45) is 0 Å². The number of amides is 1. The highest BCUT2D eigenvalue weighted by atomic mass is 32.2. The minimum absolute atomic E-state index is 0.146. The Bertz CT molecular complexity index is 264. The van der Waals surface area contributed by atoms with Gasteiger partial charge in [0.1, 0.15) is 0 Å². The fraction of sp³-hybridized carbons (Fsp3) is 0.929. The number of hydrogen-bond donors (Lipinski definition) is 2. The summed E-state index contributed by atoms with van der Waals surface area (Å²) in [4.78, 5) is 11.7. The zero-order chi connectivity index (χ0) is 13.3. The first-order valence-corrected chi connectivity index (χ1v) is 8.69. The highest BCUT2D eigenvalue weighted by molar-refractivity contribution is 7.99. The van der Waals surface area contributed by atoms with Crippen molar-refractivity contribution in [2.75, 3.05) is 31.2 Å². The van der Waals surface area contributed by atoms with Crippen LogP contribution < -0.4 is 10.6 Å². The lowest BCUT2D eigenvalue weighted by Gasteiger charge is -2.23. The van der Waals surface area contributed by atoms with Gasteiger partial charge in [-0.05, 0) is 12.8 Å². The molecule has 1 aliphatic heterocycles. The largest absolute Gasteiger partial charge is 0.376 e. The van der Waals surface area contributed by atoms with Gasteiger partial charge in [0.25, 0.3) is 0 Å². The van der Waals surface area contributed by atoms with Crippen molar-refractivity contribution in [2.45, 2.75) is 50.7 Å². The Morgan fingerprint density at radius 3 is 2.89 bits per heavy atom. The summed E-state index contributed by atoms with van der Waals surface area (Å²) >= 11 is 1.92. The first-order valence-electron chi connectivity index (χ1n) is 7.54. The lowest BCUT2D eigenvalue weighted by molar-refractivity contribution is -0.121. The minimum atomic E-state index is 0.146. The van der Waals surface area contributed by atoms with Crippen LogP contribution in [-0.2, 0) is 9.53 Å².